The van der Waals surface area contributed by atoms with Crippen LogP contribution in [-0.4, -0.2) is 27.9 Å². The van der Waals surface area contributed by atoms with Gasteiger partial charge in [0.05, 0.1) is 18.0 Å². The van der Waals surface area contributed by atoms with E-state index in [-0.39, 0.29) is 6.79 Å². The first kappa shape index (κ1) is 25.7. The van der Waals surface area contributed by atoms with E-state index < -0.39 is 0 Å². The maximum atomic E-state index is 5.80. The number of nitrogens with zero attached hydrogens (tertiary/aromatic N) is 3. The van der Waals surface area contributed by atoms with Crippen LogP contribution in [0.4, 0.5) is 0 Å². The molecule has 0 N–H and O–H groups in total. The van der Waals surface area contributed by atoms with E-state index in [1.165, 1.54) is 5.56 Å². The molecule has 0 unspecified atom stereocenters. The summed E-state index contributed by atoms with van der Waals surface area (Å²) < 4.78 is 19.3. The summed E-state index contributed by atoms with van der Waals surface area (Å²) in [4.78, 5) is 7.63. The average Bonchev–Trinajstić information content (AvgIpc) is 3.58. The van der Waals surface area contributed by atoms with Crippen molar-refractivity contribution in [3.8, 4) is 39.9 Å². The molecule has 0 spiro atoms. The average molecular weight is 532 g/mol. The van der Waals surface area contributed by atoms with Gasteiger partial charge in [-0.1, -0.05) is 78.9 Å². The summed E-state index contributed by atoms with van der Waals surface area (Å²) in [6.07, 6.45) is 0. The zero-order chi connectivity index (χ0) is 27.3. The first-order chi connectivity index (χ1) is 19.7. The third-order valence-electron chi connectivity index (χ3n) is 7.13. The summed E-state index contributed by atoms with van der Waals surface area (Å²) in [7, 11) is 2.12. The van der Waals surface area contributed by atoms with Gasteiger partial charge in [0.15, 0.2) is 11.5 Å². The van der Waals surface area contributed by atoms with Crippen molar-refractivity contribution in [3.05, 3.63) is 120 Å². The molecule has 0 amide bonds. The van der Waals surface area contributed by atoms with Gasteiger partial charge >= 0.3 is 0 Å². The highest BCUT2D eigenvalue weighted by Crippen LogP contribution is 2.34. The minimum absolute atomic E-state index is 0.268. The van der Waals surface area contributed by atoms with E-state index in [4.69, 9.17) is 19.2 Å². The molecule has 1 aliphatic rings. The molecule has 6 rings (SSSR count). The Bertz CT molecular complexity index is 1580. The highest BCUT2D eigenvalue weighted by Gasteiger charge is 2.21. The number of fused-ring (bicyclic) bond motifs is 1. The molecule has 5 aromatic rings. The summed E-state index contributed by atoms with van der Waals surface area (Å²) in [6, 6.07) is 35.4. The standard InChI is InChI=1S/C34H33N3O3/c1-3-38-29-16-10-11-25(19-29)21-37(22-26-17-18-31-32(20-26)40-24-39-31)23-30-33(27-12-6-4-7-13-27)35-34(36(30)2)28-14-8-5-9-15-28/h4-20H,3,21-24H2,1-2H3. The summed E-state index contributed by atoms with van der Waals surface area (Å²) in [5, 5.41) is 0. The largest absolute Gasteiger partial charge is 0.494 e. The van der Waals surface area contributed by atoms with E-state index >= 15 is 0 Å². The Hall–Kier alpha value is -4.55. The van der Waals surface area contributed by atoms with Gasteiger partial charge in [-0.2, -0.15) is 0 Å². The molecule has 0 atom stereocenters. The number of ether oxygens (including phenoxy) is 3. The second kappa shape index (κ2) is 11.7. The van der Waals surface area contributed by atoms with Gasteiger partial charge in [-0.05, 0) is 42.3 Å². The lowest BCUT2D eigenvalue weighted by molar-refractivity contribution is 0.174. The molecule has 6 nitrogen and oxygen atoms in total. The molecule has 1 aliphatic heterocycles. The minimum Gasteiger partial charge on any atom is -0.494 e. The van der Waals surface area contributed by atoms with Crippen molar-refractivity contribution >= 4 is 0 Å². The maximum absolute atomic E-state index is 5.80. The number of rotatable bonds is 10. The molecule has 1 aromatic heterocycles. The van der Waals surface area contributed by atoms with Crippen LogP contribution in [0.3, 0.4) is 0 Å². The monoisotopic (exact) mass is 531 g/mol. The zero-order valence-corrected chi connectivity index (χ0v) is 22.9. The first-order valence-corrected chi connectivity index (χ1v) is 13.7. The van der Waals surface area contributed by atoms with Crippen molar-refractivity contribution in [1.82, 2.24) is 14.5 Å². The van der Waals surface area contributed by atoms with Crippen molar-refractivity contribution in [2.45, 2.75) is 26.6 Å². The summed E-state index contributed by atoms with van der Waals surface area (Å²) in [5.74, 6) is 3.44. The zero-order valence-electron chi connectivity index (χ0n) is 22.9. The molecule has 0 saturated carbocycles. The Balaban J connectivity index is 1.39. The van der Waals surface area contributed by atoms with E-state index in [0.717, 1.165) is 64.2 Å². The summed E-state index contributed by atoms with van der Waals surface area (Å²) >= 11 is 0. The smallest absolute Gasteiger partial charge is 0.231 e. The van der Waals surface area contributed by atoms with E-state index in [2.05, 4.69) is 95.4 Å². The van der Waals surface area contributed by atoms with E-state index in [9.17, 15) is 0 Å². The van der Waals surface area contributed by atoms with Gasteiger partial charge < -0.3 is 18.8 Å². The predicted molar refractivity (Wildman–Crippen MR) is 157 cm³/mol. The van der Waals surface area contributed by atoms with Crippen molar-refractivity contribution in [2.24, 2.45) is 7.05 Å². The fourth-order valence-corrected chi connectivity index (χ4v) is 5.22. The highest BCUT2D eigenvalue weighted by atomic mass is 16.7. The van der Waals surface area contributed by atoms with E-state index in [1.807, 2.05) is 31.2 Å². The van der Waals surface area contributed by atoms with Crippen molar-refractivity contribution in [2.75, 3.05) is 13.4 Å². The maximum Gasteiger partial charge on any atom is 0.231 e. The Labute approximate surface area is 235 Å². The summed E-state index contributed by atoms with van der Waals surface area (Å²) in [5.41, 5.74) is 6.72. The molecular weight excluding hydrogens is 498 g/mol. The Morgan fingerprint density at radius 3 is 2.20 bits per heavy atom. The molecule has 202 valence electrons. The number of aromatic nitrogens is 2. The SMILES string of the molecule is CCOc1cccc(CN(Cc2ccc3c(c2)OCO3)Cc2c(-c3ccccc3)nc(-c3ccccc3)n2C)c1. The molecule has 40 heavy (non-hydrogen) atoms. The van der Waals surface area contributed by atoms with Crippen LogP contribution in [-0.2, 0) is 26.7 Å². The van der Waals surface area contributed by atoms with Crippen LogP contribution < -0.4 is 14.2 Å². The Kier molecular flexibility index (Phi) is 7.51. The van der Waals surface area contributed by atoms with Gasteiger partial charge in [-0.25, -0.2) is 4.98 Å². The van der Waals surface area contributed by atoms with Gasteiger partial charge in [-0.3, -0.25) is 4.90 Å². The van der Waals surface area contributed by atoms with Crippen LogP contribution in [0.25, 0.3) is 22.6 Å². The van der Waals surface area contributed by atoms with Crippen LogP contribution in [0.5, 0.6) is 17.2 Å². The fourth-order valence-electron chi connectivity index (χ4n) is 5.22. The lowest BCUT2D eigenvalue weighted by Gasteiger charge is -2.24. The van der Waals surface area contributed by atoms with Gasteiger partial charge in [0.25, 0.3) is 0 Å². The normalized spacial score (nSPS) is 12.2. The van der Waals surface area contributed by atoms with Crippen LogP contribution in [0.2, 0.25) is 0 Å². The second-order valence-electron chi connectivity index (χ2n) is 9.93. The second-order valence-corrected chi connectivity index (χ2v) is 9.93. The van der Waals surface area contributed by atoms with Gasteiger partial charge in [-0.15, -0.1) is 0 Å². The van der Waals surface area contributed by atoms with Crippen LogP contribution >= 0.6 is 0 Å². The fraction of sp³-hybridized carbons (Fsp3) is 0.206. The van der Waals surface area contributed by atoms with Crippen molar-refractivity contribution < 1.29 is 14.2 Å². The first-order valence-electron chi connectivity index (χ1n) is 13.7. The van der Waals surface area contributed by atoms with Gasteiger partial charge in [0.2, 0.25) is 6.79 Å². The van der Waals surface area contributed by atoms with E-state index in [0.29, 0.717) is 13.2 Å². The third kappa shape index (κ3) is 5.58. The van der Waals surface area contributed by atoms with Crippen LogP contribution in [0.15, 0.2) is 103 Å². The number of benzene rings is 4. The van der Waals surface area contributed by atoms with E-state index in [1.54, 1.807) is 0 Å². The molecule has 0 saturated heterocycles. The third-order valence-corrected chi connectivity index (χ3v) is 7.13. The molecule has 0 fully saturated rings. The molecular formula is C34H33N3O3. The van der Waals surface area contributed by atoms with Crippen LogP contribution in [0, 0.1) is 0 Å². The molecule has 0 bridgehead atoms. The lowest BCUT2D eigenvalue weighted by atomic mass is 10.1. The number of imidazole rings is 1. The van der Waals surface area contributed by atoms with Gasteiger partial charge in [0, 0.05) is 37.8 Å². The number of hydrogen-bond donors (Lipinski definition) is 0. The predicted octanol–water partition coefficient (Wildman–Crippen LogP) is 7.08. The van der Waals surface area contributed by atoms with Crippen molar-refractivity contribution in [3.63, 3.8) is 0 Å². The van der Waals surface area contributed by atoms with Gasteiger partial charge in [0.1, 0.15) is 11.6 Å². The Morgan fingerprint density at radius 1 is 0.750 bits per heavy atom. The highest BCUT2D eigenvalue weighted by molar-refractivity contribution is 5.68. The molecule has 6 heteroatoms. The van der Waals surface area contributed by atoms with Crippen molar-refractivity contribution in [1.29, 1.82) is 0 Å². The topological polar surface area (TPSA) is 48.8 Å². The molecule has 0 radical (unpaired) electrons. The minimum atomic E-state index is 0.268. The lowest BCUT2D eigenvalue weighted by Crippen LogP contribution is -2.24. The summed E-state index contributed by atoms with van der Waals surface area (Å²) in [6.45, 7) is 5.10. The quantitative estimate of drug-likeness (QED) is 0.193. The van der Waals surface area contributed by atoms with Crippen LogP contribution in [0.1, 0.15) is 23.7 Å². The molecule has 4 aromatic carbocycles. The molecule has 0 aliphatic carbocycles. The number of hydrogen-bond acceptors (Lipinski definition) is 5. The Morgan fingerprint density at radius 2 is 1.45 bits per heavy atom. The molecule has 2 heterocycles.